The molecule has 0 aliphatic carbocycles. The Bertz CT molecular complexity index is 613. The number of rotatable bonds is 3. The van der Waals surface area contributed by atoms with E-state index in [1.165, 1.54) is 7.11 Å². The Hall–Kier alpha value is -2.10. The third-order valence-electron chi connectivity index (χ3n) is 3.15. The lowest BCUT2D eigenvalue weighted by molar-refractivity contribution is -0.110. The zero-order valence-electron chi connectivity index (χ0n) is 10.6. The summed E-state index contributed by atoms with van der Waals surface area (Å²) < 4.78 is 6.67. The third kappa shape index (κ3) is 1.70. The molecule has 0 aliphatic rings. The van der Waals surface area contributed by atoms with Gasteiger partial charge in [0.05, 0.1) is 18.7 Å². The molecule has 0 saturated heterocycles. The minimum Gasteiger partial charge on any atom is -0.465 e. The van der Waals surface area contributed by atoms with Crippen molar-refractivity contribution in [2.45, 2.75) is 19.9 Å². The highest BCUT2D eigenvalue weighted by Crippen LogP contribution is 2.28. The number of carbonyl (C=O) groups excluding carboxylic acids is 2. The molecule has 0 N–H and O–H groups in total. The second kappa shape index (κ2) is 4.64. The largest absolute Gasteiger partial charge is 0.465 e. The molecule has 0 saturated carbocycles. The third-order valence-corrected chi connectivity index (χ3v) is 3.15. The maximum atomic E-state index is 11.8. The number of nitrogens with zero attached hydrogens (tertiary/aromatic N) is 1. The Morgan fingerprint density at radius 1 is 1.39 bits per heavy atom. The fraction of sp³-hybridized carbons (Fsp3) is 0.286. The summed E-state index contributed by atoms with van der Waals surface area (Å²) in [5.41, 5.74) is 2.15. The Balaban J connectivity index is 2.83. The summed E-state index contributed by atoms with van der Waals surface area (Å²) in [6.07, 6.45) is 0.862. The predicted octanol–water partition coefficient (Wildman–Crippen LogP) is 2.50. The lowest BCUT2D eigenvalue weighted by Crippen LogP contribution is -2.10. The minimum absolute atomic E-state index is 0.312. The number of methoxy groups -OCH3 is 1. The van der Waals surface area contributed by atoms with Gasteiger partial charge in [0.2, 0.25) is 0 Å². The summed E-state index contributed by atoms with van der Waals surface area (Å²) in [7, 11) is 1.36. The summed E-state index contributed by atoms with van der Waals surface area (Å²) in [6.45, 7) is 3.62. The number of carbonyl (C=O) groups is 2. The first-order valence-corrected chi connectivity index (χ1v) is 5.75. The number of benzene rings is 1. The van der Waals surface area contributed by atoms with Gasteiger partial charge in [0.1, 0.15) is 6.29 Å². The van der Waals surface area contributed by atoms with Gasteiger partial charge in [-0.1, -0.05) is 18.2 Å². The van der Waals surface area contributed by atoms with Crippen LogP contribution in [0.3, 0.4) is 0 Å². The Kier molecular flexibility index (Phi) is 3.19. The minimum atomic E-state index is -0.374. The molecule has 1 atom stereocenters. The van der Waals surface area contributed by atoms with Crippen molar-refractivity contribution in [2.75, 3.05) is 7.11 Å². The van der Waals surface area contributed by atoms with Crippen molar-refractivity contribution >= 4 is 23.2 Å². The number of hydrogen-bond acceptors (Lipinski definition) is 3. The van der Waals surface area contributed by atoms with E-state index >= 15 is 0 Å². The number of aldehydes is 1. The first kappa shape index (κ1) is 12.4. The zero-order chi connectivity index (χ0) is 13.3. The second-order valence-corrected chi connectivity index (χ2v) is 4.22. The smallest absolute Gasteiger partial charge is 0.340 e. The molecule has 2 rings (SSSR count). The average molecular weight is 245 g/mol. The van der Waals surface area contributed by atoms with Crippen molar-refractivity contribution in [3.8, 4) is 0 Å². The van der Waals surface area contributed by atoms with Crippen LogP contribution >= 0.6 is 0 Å². The lowest BCUT2D eigenvalue weighted by atomic mass is 10.1. The van der Waals surface area contributed by atoms with E-state index in [9.17, 15) is 9.59 Å². The van der Waals surface area contributed by atoms with Crippen molar-refractivity contribution in [3.63, 3.8) is 0 Å². The lowest BCUT2D eigenvalue weighted by Gasteiger charge is -2.11. The van der Waals surface area contributed by atoms with E-state index in [1.807, 2.05) is 35.8 Å². The molecule has 94 valence electrons. The highest BCUT2D eigenvalue weighted by atomic mass is 16.5. The van der Waals surface area contributed by atoms with Gasteiger partial charge in [0.15, 0.2) is 0 Å². The van der Waals surface area contributed by atoms with Crippen molar-refractivity contribution < 1.29 is 14.3 Å². The summed E-state index contributed by atoms with van der Waals surface area (Å²) in [5.74, 6) is -0.374. The topological polar surface area (TPSA) is 48.3 Å². The van der Waals surface area contributed by atoms with Gasteiger partial charge < -0.3 is 14.1 Å². The zero-order valence-corrected chi connectivity index (χ0v) is 10.6. The molecule has 0 amide bonds. The van der Waals surface area contributed by atoms with Crippen LogP contribution in [0.15, 0.2) is 24.3 Å². The Morgan fingerprint density at radius 3 is 2.67 bits per heavy atom. The van der Waals surface area contributed by atoms with Gasteiger partial charge in [0, 0.05) is 16.6 Å². The van der Waals surface area contributed by atoms with Gasteiger partial charge in [-0.25, -0.2) is 4.79 Å². The molecule has 18 heavy (non-hydrogen) atoms. The first-order valence-electron chi connectivity index (χ1n) is 5.75. The Labute approximate surface area is 105 Å². The molecule has 4 heteroatoms. The summed E-state index contributed by atoms with van der Waals surface area (Å²) in [4.78, 5) is 22.9. The van der Waals surface area contributed by atoms with Crippen LogP contribution in [-0.2, 0) is 9.53 Å². The average Bonchev–Trinajstić information content (AvgIpc) is 2.69. The SMILES string of the molecule is COC(=O)c1c(C)n([C@H](C)C=O)c2ccccc12. The van der Waals surface area contributed by atoms with E-state index in [1.54, 1.807) is 6.92 Å². The van der Waals surface area contributed by atoms with Crippen molar-refractivity contribution in [1.29, 1.82) is 0 Å². The van der Waals surface area contributed by atoms with Gasteiger partial charge in [0.25, 0.3) is 0 Å². The van der Waals surface area contributed by atoms with Crippen molar-refractivity contribution in [3.05, 3.63) is 35.5 Å². The van der Waals surface area contributed by atoms with Crippen LogP contribution in [0.4, 0.5) is 0 Å². The molecular weight excluding hydrogens is 230 g/mol. The highest BCUT2D eigenvalue weighted by molar-refractivity contribution is 6.06. The predicted molar refractivity (Wildman–Crippen MR) is 68.8 cm³/mol. The van der Waals surface area contributed by atoms with Crippen molar-refractivity contribution in [2.24, 2.45) is 0 Å². The summed E-state index contributed by atoms with van der Waals surface area (Å²) in [5, 5.41) is 0.815. The quantitative estimate of drug-likeness (QED) is 0.616. The molecule has 0 spiro atoms. The standard InChI is InChI=1S/C14H15NO3/c1-9(8-16)15-10(2)13(14(17)18-3)11-6-4-5-7-12(11)15/h4-9H,1-3H3/t9-/m1/s1. The maximum Gasteiger partial charge on any atom is 0.340 e. The maximum absolute atomic E-state index is 11.8. The first-order chi connectivity index (χ1) is 8.61. The number of aromatic nitrogens is 1. The van der Waals surface area contributed by atoms with Gasteiger partial charge >= 0.3 is 5.97 Å². The van der Waals surface area contributed by atoms with Gasteiger partial charge in [-0.3, -0.25) is 0 Å². The van der Waals surface area contributed by atoms with E-state index in [4.69, 9.17) is 4.74 Å². The fourth-order valence-electron chi connectivity index (χ4n) is 2.34. The highest BCUT2D eigenvalue weighted by Gasteiger charge is 2.22. The van der Waals surface area contributed by atoms with Gasteiger partial charge in [-0.05, 0) is 19.9 Å². The second-order valence-electron chi connectivity index (χ2n) is 4.22. The number of para-hydroxylation sites is 1. The van der Waals surface area contributed by atoms with E-state index in [0.29, 0.717) is 5.56 Å². The van der Waals surface area contributed by atoms with E-state index in [-0.39, 0.29) is 12.0 Å². The van der Waals surface area contributed by atoms with Crippen LogP contribution in [-0.4, -0.2) is 23.9 Å². The van der Waals surface area contributed by atoms with Crippen molar-refractivity contribution in [1.82, 2.24) is 4.57 Å². The fourth-order valence-corrected chi connectivity index (χ4v) is 2.34. The molecule has 0 aliphatic heterocycles. The summed E-state index contributed by atoms with van der Waals surface area (Å²) in [6, 6.07) is 7.20. The van der Waals surface area contributed by atoms with Crippen LogP contribution in [0.25, 0.3) is 10.9 Å². The molecule has 1 heterocycles. The molecule has 0 radical (unpaired) electrons. The normalized spacial score (nSPS) is 12.4. The van der Waals surface area contributed by atoms with Crippen LogP contribution in [0, 0.1) is 6.92 Å². The molecule has 4 nitrogen and oxygen atoms in total. The van der Waals surface area contributed by atoms with E-state index < -0.39 is 0 Å². The number of hydrogen-bond donors (Lipinski definition) is 0. The molecule has 1 aromatic carbocycles. The van der Waals surface area contributed by atoms with E-state index in [2.05, 4.69) is 0 Å². The number of esters is 1. The summed E-state index contributed by atoms with van der Waals surface area (Å²) >= 11 is 0. The Morgan fingerprint density at radius 2 is 2.06 bits per heavy atom. The molecular formula is C14H15NO3. The number of ether oxygens (including phenoxy) is 1. The number of fused-ring (bicyclic) bond motifs is 1. The van der Waals surface area contributed by atoms with Crippen LogP contribution < -0.4 is 0 Å². The monoisotopic (exact) mass is 245 g/mol. The van der Waals surface area contributed by atoms with Crippen LogP contribution in [0.1, 0.15) is 29.0 Å². The van der Waals surface area contributed by atoms with Gasteiger partial charge in [-0.15, -0.1) is 0 Å². The van der Waals surface area contributed by atoms with E-state index in [0.717, 1.165) is 22.9 Å². The van der Waals surface area contributed by atoms with Crippen LogP contribution in [0.2, 0.25) is 0 Å². The van der Waals surface area contributed by atoms with Gasteiger partial charge in [-0.2, -0.15) is 0 Å². The molecule has 0 unspecified atom stereocenters. The van der Waals surface area contributed by atoms with Crippen LogP contribution in [0.5, 0.6) is 0 Å². The molecule has 0 fully saturated rings. The molecule has 2 aromatic rings. The molecule has 1 aromatic heterocycles. The molecule has 0 bridgehead atoms.